The Morgan fingerprint density at radius 2 is 2.17 bits per heavy atom. The number of halogens is 3. The van der Waals surface area contributed by atoms with Gasteiger partial charge in [-0.15, -0.1) is 12.4 Å². The average Bonchev–Trinajstić information content (AvgIpc) is 3.20. The molecule has 0 bridgehead atoms. The molecular formula is C15H18ClF2N5O. The van der Waals surface area contributed by atoms with Crippen molar-refractivity contribution in [3.05, 3.63) is 24.0 Å². The minimum absolute atomic E-state index is 0. The van der Waals surface area contributed by atoms with Gasteiger partial charge in [-0.05, 0) is 31.5 Å². The monoisotopic (exact) mass is 357 g/mol. The summed E-state index contributed by atoms with van der Waals surface area (Å²) in [6.07, 6.45) is 3.71. The Labute approximate surface area is 143 Å². The number of nitrogens with two attached hydrogens (primary N) is 1. The molecule has 1 spiro atoms. The summed E-state index contributed by atoms with van der Waals surface area (Å²) in [5.74, 6) is -0.180. The summed E-state index contributed by atoms with van der Waals surface area (Å²) in [5, 5.41) is 8.00. The van der Waals surface area contributed by atoms with Gasteiger partial charge in [-0.1, -0.05) is 0 Å². The highest BCUT2D eigenvalue weighted by Gasteiger charge is 2.42. The van der Waals surface area contributed by atoms with Crippen molar-refractivity contribution in [1.82, 2.24) is 20.1 Å². The summed E-state index contributed by atoms with van der Waals surface area (Å²) in [6.45, 7) is -0.0947. The molecule has 3 N–H and O–H groups in total. The van der Waals surface area contributed by atoms with Gasteiger partial charge in [-0.2, -0.15) is 13.9 Å². The number of hydrogen-bond acceptors (Lipinski definition) is 5. The molecule has 2 aromatic heterocycles. The number of alkyl halides is 2. The van der Waals surface area contributed by atoms with E-state index in [1.54, 1.807) is 0 Å². The number of rotatable bonds is 3. The van der Waals surface area contributed by atoms with Crippen LogP contribution in [0.2, 0.25) is 0 Å². The van der Waals surface area contributed by atoms with Gasteiger partial charge in [-0.25, -0.2) is 4.98 Å². The highest BCUT2D eigenvalue weighted by molar-refractivity contribution is 5.85. The summed E-state index contributed by atoms with van der Waals surface area (Å²) in [7, 11) is 0. The number of nitrogens with one attached hydrogen (secondary N) is 1. The van der Waals surface area contributed by atoms with Crippen LogP contribution in [0.15, 0.2) is 18.3 Å². The molecule has 24 heavy (non-hydrogen) atoms. The number of ether oxygens (including phenoxy) is 1. The Bertz CT molecular complexity index is 745. The van der Waals surface area contributed by atoms with Crippen LogP contribution in [-0.4, -0.2) is 34.5 Å². The van der Waals surface area contributed by atoms with Crippen LogP contribution >= 0.6 is 12.4 Å². The molecule has 2 aliphatic rings. The molecule has 1 fully saturated rings. The quantitative estimate of drug-likeness (QED) is 0.880. The van der Waals surface area contributed by atoms with E-state index in [1.165, 1.54) is 18.0 Å². The summed E-state index contributed by atoms with van der Waals surface area (Å²) in [4.78, 5) is 3.94. The maximum Gasteiger partial charge on any atom is 0.387 e. The standard InChI is InChI=1S/C15H17F2N5O.ClH/c16-14(17)23-11-5-9(7-20-13(11)18)10-6-12-15(1-3-19-8-15)2-4-22(12)21-10;/h5-7,14,19H,1-4,8H2,(H2,18,20);1H. The lowest BCUT2D eigenvalue weighted by molar-refractivity contribution is -0.0494. The van der Waals surface area contributed by atoms with Crippen LogP contribution in [-0.2, 0) is 12.0 Å². The summed E-state index contributed by atoms with van der Waals surface area (Å²) in [5.41, 5.74) is 8.26. The van der Waals surface area contributed by atoms with Crippen LogP contribution in [0, 0.1) is 0 Å². The Kier molecular flexibility index (Phi) is 4.35. The van der Waals surface area contributed by atoms with E-state index in [9.17, 15) is 8.78 Å². The topological polar surface area (TPSA) is 78.0 Å². The molecule has 130 valence electrons. The molecule has 1 atom stereocenters. The second kappa shape index (κ2) is 6.18. The number of aromatic nitrogens is 3. The van der Waals surface area contributed by atoms with Crippen LogP contribution < -0.4 is 15.8 Å². The van der Waals surface area contributed by atoms with Gasteiger partial charge in [0.05, 0.1) is 5.69 Å². The van der Waals surface area contributed by atoms with E-state index in [4.69, 9.17) is 5.73 Å². The third-order valence-corrected chi connectivity index (χ3v) is 4.76. The van der Waals surface area contributed by atoms with Crippen LogP contribution in [0.3, 0.4) is 0 Å². The van der Waals surface area contributed by atoms with Crippen molar-refractivity contribution in [2.24, 2.45) is 0 Å². The molecule has 0 radical (unpaired) electrons. The summed E-state index contributed by atoms with van der Waals surface area (Å²) < 4.78 is 31.3. The largest absolute Gasteiger partial charge is 0.431 e. The Morgan fingerprint density at radius 1 is 1.33 bits per heavy atom. The maximum atomic E-state index is 12.4. The van der Waals surface area contributed by atoms with E-state index in [2.05, 4.69) is 20.1 Å². The zero-order valence-electron chi connectivity index (χ0n) is 12.8. The maximum absolute atomic E-state index is 12.4. The van der Waals surface area contributed by atoms with E-state index >= 15 is 0 Å². The molecule has 2 aliphatic heterocycles. The van der Waals surface area contributed by atoms with Crippen LogP contribution in [0.25, 0.3) is 11.3 Å². The van der Waals surface area contributed by atoms with E-state index < -0.39 is 6.61 Å². The second-order valence-electron chi connectivity index (χ2n) is 6.08. The van der Waals surface area contributed by atoms with Crippen molar-refractivity contribution in [2.45, 2.75) is 31.4 Å². The van der Waals surface area contributed by atoms with Gasteiger partial charge in [0.15, 0.2) is 11.6 Å². The van der Waals surface area contributed by atoms with Gasteiger partial charge >= 0.3 is 6.61 Å². The van der Waals surface area contributed by atoms with Crippen LogP contribution in [0.1, 0.15) is 18.5 Å². The van der Waals surface area contributed by atoms with Gasteiger partial charge in [0, 0.05) is 36.0 Å². The number of nitrogens with zero attached hydrogens (tertiary/aromatic N) is 3. The number of anilines is 1. The molecule has 0 saturated carbocycles. The molecule has 4 rings (SSSR count). The molecule has 9 heteroatoms. The molecule has 0 amide bonds. The molecule has 6 nitrogen and oxygen atoms in total. The van der Waals surface area contributed by atoms with Gasteiger partial charge < -0.3 is 15.8 Å². The number of nitrogen functional groups attached to an aromatic ring is 1. The first-order valence-electron chi connectivity index (χ1n) is 7.57. The first-order chi connectivity index (χ1) is 11.1. The minimum atomic E-state index is -2.94. The number of fused-ring (bicyclic) bond motifs is 2. The van der Waals surface area contributed by atoms with E-state index in [0.29, 0.717) is 11.3 Å². The van der Waals surface area contributed by atoms with E-state index in [0.717, 1.165) is 32.5 Å². The SMILES string of the molecule is Cl.Nc1ncc(-c2cc3n(n2)CCC32CCNC2)cc1OC(F)F. The first-order valence-corrected chi connectivity index (χ1v) is 7.57. The fourth-order valence-electron chi connectivity index (χ4n) is 3.56. The highest BCUT2D eigenvalue weighted by Crippen LogP contribution is 2.41. The summed E-state index contributed by atoms with van der Waals surface area (Å²) in [6, 6.07) is 3.49. The lowest BCUT2D eigenvalue weighted by Gasteiger charge is -2.20. The molecule has 1 unspecified atom stereocenters. The molecular weight excluding hydrogens is 340 g/mol. The predicted octanol–water partition coefficient (Wildman–Crippen LogP) is 2.19. The fourth-order valence-corrected chi connectivity index (χ4v) is 3.56. The van der Waals surface area contributed by atoms with Crippen molar-refractivity contribution in [3.8, 4) is 17.0 Å². The third-order valence-electron chi connectivity index (χ3n) is 4.76. The Balaban J connectivity index is 0.00000169. The van der Waals surface area contributed by atoms with Crippen molar-refractivity contribution >= 4 is 18.2 Å². The summed E-state index contributed by atoms with van der Waals surface area (Å²) >= 11 is 0. The highest BCUT2D eigenvalue weighted by atomic mass is 35.5. The fraction of sp³-hybridized carbons (Fsp3) is 0.467. The van der Waals surface area contributed by atoms with E-state index in [-0.39, 0.29) is 29.4 Å². The average molecular weight is 358 g/mol. The second-order valence-corrected chi connectivity index (χ2v) is 6.08. The van der Waals surface area contributed by atoms with Crippen LogP contribution in [0.4, 0.5) is 14.6 Å². The van der Waals surface area contributed by atoms with Gasteiger partial charge in [0.2, 0.25) is 0 Å². The van der Waals surface area contributed by atoms with Crippen molar-refractivity contribution < 1.29 is 13.5 Å². The van der Waals surface area contributed by atoms with Crippen molar-refractivity contribution in [1.29, 1.82) is 0 Å². The molecule has 2 aromatic rings. The minimum Gasteiger partial charge on any atom is -0.431 e. The smallest absolute Gasteiger partial charge is 0.387 e. The van der Waals surface area contributed by atoms with Gasteiger partial charge in [0.1, 0.15) is 0 Å². The zero-order chi connectivity index (χ0) is 16.0. The van der Waals surface area contributed by atoms with Gasteiger partial charge in [-0.3, -0.25) is 4.68 Å². The number of pyridine rings is 1. The third kappa shape index (κ3) is 2.69. The Hall–Kier alpha value is -1.93. The molecule has 0 aromatic carbocycles. The van der Waals surface area contributed by atoms with Crippen molar-refractivity contribution in [3.63, 3.8) is 0 Å². The van der Waals surface area contributed by atoms with Gasteiger partial charge in [0.25, 0.3) is 0 Å². The van der Waals surface area contributed by atoms with Crippen molar-refractivity contribution in [2.75, 3.05) is 18.8 Å². The lowest BCUT2D eigenvalue weighted by atomic mass is 9.82. The Morgan fingerprint density at radius 3 is 2.88 bits per heavy atom. The van der Waals surface area contributed by atoms with E-state index in [1.807, 2.05) is 10.7 Å². The zero-order valence-corrected chi connectivity index (χ0v) is 13.7. The number of aryl methyl sites for hydroxylation is 1. The normalized spacial score (nSPS) is 22.0. The van der Waals surface area contributed by atoms with Crippen LogP contribution in [0.5, 0.6) is 5.75 Å². The first kappa shape index (κ1) is 16.9. The molecule has 1 saturated heterocycles. The molecule has 0 aliphatic carbocycles. The predicted molar refractivity (Wildman–Crippen MR) is 87.5 cm³/mol. The lowest BCUT2D eigenvalue weighted by Crippen LogP contribution is -2.25. The number of hydrogen-bond donors (Lipinski definition) is 2. The molecule has 4 heterocycles.